The summed E-state index contributed by atoms with van der Waals surface area (Å²) < 4.78 is 0. The molecule has 0 saturated carbocycles. The summed E-state index contributed by atoms with van der Waals surface area (Å²) >= 11 is 0. The van der Waals surface area contributed by atoms with E-state index in [-0.39, 0.29) is 6.04 Å². The molecule has 1 fully saturated rings. The maximum absolute atomic E-state index is 11.2. The Labute approximate surface area is 87.5 Å². The molecule has 0 bridgehead atoms. The van der Waals surface area contributed by atoms with Gasteiger partial charge in [-0.25, -0.2) is 14.8 Å². The first kappa shape index (κ1) is 9.85. The number of nitrogens with one attached hydrogen (secondary N) is 1. The van der Waals surface area contributed by atoms with Gasteiger partial charge in [0.25, 0.3) is 0 Å². The molecule has 1 atom stereocenters. The van der Waals surface area contributed by atoms with Crippen molar-refractivity contribution >= 4 is 6.03 Å². The number of carbonyl (C=O) groups excluding carboxylic acids is 1. The van der Waals surface area contributed by atoms with Crippen molar-refractivity contribution in [1.82, 2.24) is 20.2 Å². The Balaban J connectivity index is 2.22. The molecule has 15 heavy (non-hydrogen) atoms. The molecule has 1 saturated heterocycles. The molecule has 80 valence electrons. The molecule has 1 aromatic heterocycles. The lowest BCUT2D eigenvalue weighted by Crippen LogP contribution is -2.50. The molecule has 6 heteroatoms. The van der Waals surface area contributed by atoms with Crippen LogP contribution >= 0.6 is 0 Å². The molecule has 0 aromatic carbocycles. The van der Waals surface area contributed by atoms with Crippen LogP contribution in [0.2, 0.25) is 0 Å². The number of hydrogen-bond donors (Lipinski definition) is 2. The standard InChI is InChI=1S/C9H13N5O/c10-9(15)14-4-3-11-5-8(14)7-1-2-12-6-13-7/h1-2,6,8,11H,3-5H2,(H2,10,15). The summed E-state index contributed by atoms with van der Waals surface area (Å²) in [7, 11) is 0. The van der Waals surface area contributed by atoms with E-state index in [0.29, 0.717) is 13.1 Å². The van der Waals surface area contributed by atoms with Gasteiger partial charge in [0.15, 0.2) is 0 Å². The number of aromatic nitrogens is 2. The predicted octanol–water partition coefficient (Wildman–Crippen LogP) is -0.498. The molecular weight excluding hydrogens is 194 g/mol. The van der Waals surface area contributed by atoms with Crippen LogP contribution in [0.1, 0.15) is 11.7 Å². The SMILES string of the molecule is NC(=O)N1CCNCC1c1ccncn1. The fourth-order valence-electron chi connectivity index (χ4n) is 1.73. The molecule has 2 heterocycles. The van der Waals surface area contributed by atoms with Gasteiger partial charge in [-0.05, 0) is 6.07 Å². The number of nitrogens with zero attached hydrogens (tertiary/aromatic N) is 3. The van der Waals surface area contributed by atoms with Crippen molar-refractivity contribution in [2.45, 2.75) is 6.04 Å². The lowest BCUT2D eigenvalue weighted by Gasteiger charge is -2.34. The van der Waals surface area contributed by atoms with Crippen molar-refractivity contribution in [3.8, 4) is 0 Å². The molecule has 1 aromatic rings. The van der Waals surface area contributed by atoms with E-state index in [1.54, 1.807) is 17.2 Å². The minimum Gasteiger partial charge on any atom is -0.351 e. The van der Waals surface area contributed by atoms with Crippen LogP contribution in [0.25, 0.3) is 0 Å². The van der Waals surface area contributed by atoms with Crippen LogP contribution in [-0.2, 0) is 0 Å². The first-order chi connectivity index (χ1) is 7.29. The maximum Gasteiger partial charge on any atom is 0.315 e. The Kier molecular flexibility index (Phi) is 2.77. The average molecular weight is 207 g/mol. The van der Waals surface area contributed by atoms with E-state index in [2.05, 4.69) is 15.3 Å². The summed E-state index contributed by atoms with van der Waals surface area (Å²) in [6.07, 6.45) is 3.14. The Morgan fingerprint density at radius 3 is 3.20 bits per heavy atom. The van der Waals surface area contributed by atoms with Crippen LogP contribution in [-0.4, -0.2) is 40.5 Å². The van der Waals surface area contributed by atoms with Gasteiger partial charge >= 0.3 is 6.03 Å². The quantitative estimate of drug-likeness (QED) is 0.650. The van der Waals surface area contributed by atoms with E-state index in [0.717, 1.165) is 12.2 Å². The molecule has 2 amide bonds. The Bertz CT molecular complexity index is 342. The topological polar surface area (TPSA) is 84.1 Å². The van der Waals surface area contributed by atoms with Crippen molar-refractivity contribution in [2.75, 3.05) is 19.6 Å². The molecular formula is C9H13N5O. The van der Waals surface area contributed by atoms with Crippen LogP contribution in [0, 0.1) is 0 Å². The van der Waals surface area contributed by atoms with Crippen LogP contribution in [0.3, 0.4) is 0 Å². The third-order valence-corrected chi connectivity index (χ3v) is 2.47. The smallest absolute Gasteiger partial charge is 0.315 e. The van der Waals surface area contributed by atoms with E-state index in [1.165, 1.54) is 6.33 Å². The monoisotopic (exact) mass is 207 g/mol. The number of piperazine rings is 1. The summed E-state index contributed by atoms with van der Waals surface area (Å²) in [5.41, 5.74) is 6.13. The second kappa shape index (κ2) is 4.22. The molecule has 6 nitrogen and oxygen atoms in total. The van der Waals surface area contributed by atoms with Crippen molar-refractivity contribution < 1.29 is 4.79 Å². The van der Waals surface area contributed by atoms with Gasteiger partial charge in [0.05, 0.1) is 11.7 Å². The highest BCUT2D eigenvalue weighted by Crippen LogP contribution is 2.18. The molecule has 1 aliphatic heterocycles. The zero-order valence-corrected chi connectivity index (χ0v) is 8.26. The average Bonchev–Trinajstić information content (AvgIpc) is 2.30. The highest BCUT2D eigenvalue weighted by Gasteiger charge is 2.26. The van der Waals surface area contributed by atoms with E-state index >= 15 is 0 Å². The van der Waals surface area contributed by atoms with E-state index in [4.69, 9.17) is 5.73 Å². The summed E-state index contributed by atoms with van der Waals surface area (Å²) in [4.78, 5) is 20.8. The van der Waals surface area contributed by atoms with Crippen molar-refractivity contribution in [3.05, 3.63) is 24.3 Å². The molecule has 0 spiro atoms. The van der Waals surface area contributed by atoms with Gasteiger partial charge in [0.1, 0.15) is 6.33 Å². The van der Waals surface area contributed by atoms with E-state index in [1.807, 2.05) is 0 Å². The van der Waals surface area contributed by atoms with Gasteiger partial charge in [-0.2, -0.15) is 0 Å². The van der Waals surface area contributed by atoms with Gasteiger partial charge in [0.2, 0.25) is 0 Å². The molecule has 0 radical (unpaired) electrons. The second-order valence-electron chi connectivity index (χ2n) is 3.39. The predicted molar refractivity (Wildman–Crippen MR) is 53.9 cm³/mol. The van der Waals surface area contributed by atoms with E-state index < -0.39 is 6.03 Å². The van der Waals surface area contributed by atoms with Crippen molar-refractivity contribution in [2.24, 2.45) is 5.73 Å². The van der Waals surface area contributed by atoms with Crippen LogP contribution < -0.4 is 11.1 Å². The van der Waals surface area contributed by atoms with Gasteiger partial charge in [0, 0.05) is 25.8 Å². The lowest BCUT2D eigenvalue weighted by atomic mass is 10.1. The minimum absolute atomic E-state index is 0.0840. The summed E-state index contributed by atoms with van der Waals surface area (Å²) in [6, 6.07) is 1.31. The Morgan fingerprint density at radius 2 is 2.53 bits per heavy atom. The Hall–Kier alpha value is -1.69. The summed E-state index contributed by atoms with van der Waals surface area (Å²) in [5.74, 6) is 0. The summed E-state index contributed by atoms with van der Waals surface area (Å²) in [6.45, 7) is 2.06. The summed E-state index contributed by atoms with van der Waals surface area (Å²) in [5, 5.41) is 3.21. The third kappa shape index (κ3) is 2.04. The molecule has 1 aliphatic rings. The molecule has 0 aliphatic carbocycles. The number of amides is 2. The fraction of sp³-hybridized carbons (Fsp3) is 0.444. The molecule has 1 unspecified atom stereocenters. The zero-order chi connectivity index (χ0) is 10.7. The molecule has 2 rings (SSSR count). The number of urea groups is 1. The van der Waals surface area contributed by atoms with Gasteiger partial charge < -0.3 is 16.0 Å². The Morgan fingerprint density at radius 1 is 1.67 bits per heavy atom. The van der Waals surface area contributed by atoms with Crippen molar-refractivity contribution in [3.63, 3.8) is 0 Å². The number of carbonyl (C=O) groups is 1. The van der Waals surface area contributed by atoms with Crippen LogP contribution in [0.15, 0.2) is 18.6 Å². The van der Waals surface area contributed by atoms with Crippen LogP contribution in [0.5, 0.6) is 0 Å². The number of nitrogens with two attached hydrogens (primary N) is 1. The number of primary amides is 1. The minimum atomic E-state index is -0.403. The van der Waals surface area contributed by atoms with E-state index in [9.17, 15) is 4.79 Å². The van der Waals surface area contributed by atoms with Gasteiger partial charge in [-0.15, -0.1) is 0 Å². The number of rotatable bonds is 1. The fourth-order valence-corrected chi connectivity index (χ4v) is 1.73. The van der Waals surface area contributed by atoms with Crippen molar-refractivity contribution in [1.29, 1.82) is 0 Å². The highest BCUT2D eigenvalue weighted by molar-refractivity contribution is 5.72. The normalized spacial score (nSPS) is 21.3. The molecule has 3 N–H and O–H groups in total. The largest absolute Gasteiger partial charge is 0.351 e. The second-order valence-corrected chi connectivity index (χ2v) is 3.39. The number of hydrogen-bond acceptors (Lipinski definition) is 4. The lowest BCUT2D eigenvalue weighted by molar-refractivity contribution is 0.165. The van der Waals surface area contributed by atoms with Gasteiger partial charge in [-0.1, -0.05) is 0 Å². The van der Waals surface area contributed by atoms with Gasteiger partial charge in [-0.3, -0.25) is 0 Å². The highest BCUT2D eigenvalue weighted by atomic mass is 16.2. The van der Waals surface area contributed by atoms with Crippen LogP contribution in [0.4, 0.5) is 4.79 Å². The first-order valence-corrected chi connectivity index (χ1v) is 4.82. The zero-order valence-electron chi connectivity index (χ0n) is 8.26. The third-order valence-electron chi connectivity index (χ3n) is 2.47. The first-order valence-electron chi connectivity index (χ1n) is 4.82. The maximum atomic E-state index is 11.2.